The molecule has 2 aliphatic rings. The predicted molar refractivity (Wildman–Crippen MR) is 67.8 cm³/mol. The van der Waals surface area contributed by atoms with Gasteiger partial charge in [0.05, 0.1) is 24.1 Å². The Morgan fingerprint density at radius 3 is 2.72 bits per heavy atom. The standard InChI is InChI=1S/C12H21N3O3/c1-6(10(13)14)4-15-11-9-8(7(5-16)17-11)12(2,3)18-9/h4,6-9,11,16H,5H2,1-3H3,(H3,13,14). The number of rotatable bonds is 4. The molecular weight excluding hydrogens is 234 g/mol. The first kappa shape index (κ1) is 13.5. The Labute approximate surface area is 107 Å². The van der Waals surface area contributed by atoms with Gasteiger partial charge in [-0.15, -0.1) is 0 Å². The average Bonchev–Trinajstić information content (AvgIpc) is 2.59. The van der Waals surface area contributed by atoms with Gasteiger partial charge in [-0.1, -0.05) is 6.92 Å². The molecule has 4 N–H and O–H groups in total. The first-order valence-corrected chi connectivity index (χ1v) is 6.18. The van der Waals surface area contributed by atoms with Crippen molar-refractivity contribution in [2.24, 2.45) is 22.6 Å². The second kappa shape index (κ2) is 4.60. The van der Waals surface area contributed by atoms with Gasteiger partial charge in [0, 0.05) is 18.1 Å². The summed E-state index contributed by atoms with van der Waals surface area (Å²) in [5.74, 6) is 0.0208. The Morgan fingerprint density at radius 2 is 2.28 bits per heavy atom. The third kappa shape index (κ3) is 2.15. The molecule has 0 saturated carbocycles. The van der Waals surface area contributed by atoms with E-state index in [1.54, 1.807) is 13.1 Å². The monoisotopic (exact) mass is 255 g/mol. The summed E-state index contributed by atoms with van der Waals surface area (Å²) in [5.41, 5.74) is 5.10. The van der Waals surface area contributed by atoms with Crippen molar-refractivity contribution in [2.45, 2.75) is 44.8 Å². The summed E-state index contributed by atoms with van der Waals surface area (Å²) >= 11 is 0. The van der Waals surface area contributed by atoms with Gasteiger partial charge in [-0.05, 0) is 13.8 Å². The number of fused-ring (bicyclic) bond motifs is 1. The van der Waals surface area contributed by atoms with Crippen LogP contribution in [0.15, 0.2) is 4.99 Å². The van der Waals surface area contributed by atoms with Crippen LogP contribution in [0, 0.1) is 17.2 Å². The number of nitrogens with two attached hydrogens (primary N) is 1. The van der Waals surface area contributed by atoms with Crippen molar-refractivity contribution in [1.82, 2.24) is 0 Å². The maximum absolute atomic E-state index is 9.32. The second-order valence-electron chi connectivity index (χ2n) is 5.50. The molecule has 0 amide bonds. The lowest BCUT2D eigenvalue weighted by molar-refractivity contribution is -0.235. The molecule has 0 spiro atoms. The Hall–Kier alpha value is -0.980. The van der Waals surface area contributed by atoms with Gasteiger partial charge in [-0.2, -0.15) is 0 Å². The van der Waals surface area contributed by atoms with Crippen molar-refractivity contribution < 1.29 is 14.6 Å². The average molecular weight is 255 g/mol. The lowest BCUT2D eigenvalue weighted by atomic mass is 9.77. The van der Waals surface area contributed by atoms with Crippen LogP contribution in [0.25, 0.3) is 0 Å². The Balaban J connectivity index is 2.03. The molecule has 6 nitrogen and oxygen atoms in total. The first-order chi connectivity index (χ1) is 8.36. The Bertz CT molecular complexity index is 370. The summed E-state index contributed by atoms with van der Waals surface area (Å²) in [7, 11) is 0. The number of hydrogen-bond donors (Lipinski definition) is 3. The van der Waals surface area contributed by atoms with Crippen molar-refractivity contribution in [2.75, 3.05) is 6.61 Å². The van der Waals surface area contributed by atoms with E-state index in [4.69, 9.17) is 20.6 Å². The van der Waals surface area contributed by atoms with Gasteiger partial charge in [0.1, 0.15) is 6.10 Å². The summed E-state index contributed by atoms with van der Waals surface area (Å²) in [6.07, 6.45) is 0.876. The minimum absolute atomic E-state index is 0.0256. The van der Waals surface area contributed by atoms with E-state index in [1.165, 1.54) is 0 Å². The van der Waals surface area contributed by atoms with E-state index >= 15 is 0 Å². The van der Waals surface area contributed by atoms with Crippen molar-refractivity contribution in [3.05, 3.63) is 0 Å². The largest absolute Gasteiger partial charge is 0.394 e. The summed E-state index contributed by atoms with van der Waals surface area (Å²) in [6.45, 7) is 5.75. The van der Waals surface area contributed by atoms with Crippen LogP contribution in [0.1, 0.15) is 20.8 Å². The molecule has 2 aliphatic heterocycles. The molecule has 0 bridgehead atoms. The molecule has 2 rings (SSSR count). The zero-order chi connectivity index (χ0) is 13.5. The molecule has 0 aliphatic carbocycles. The molecule has 2 fully saturated rings. The zero-order valence-electron chi connectivity index (χ0n) is 11.0. The molecule has 2 saturated heterocycles. The molecule has 6 heteroatoms. The van der Waals surface area contributed by atoms with Gasteiger partial charge in [-0.3, -0.25) is 10.4 Å². The van der Waals surface area contributed by atoms with Crippen LogP contribution in [0.2, 0.25) is 0 Å². The Morgan fingerprint density at radius 1 is 1.61 bits per heavy atom. The minimum atomic E-state index is -0.401. The number of aliphatic hydroxyl groups is 1. The molecule has 18 heavy (non-hydrogen) atoms. The topological polar surface area (TPSA) is 101 Å². The Kier molecular flexibility index (Phi) is 3.44. The first-order valence-electron chi connectivity index (χ1n) is 6.18. The van der Waals surface area contributed by atoms with E-state index in [0.29, 0.717) is 0 Å². The van der Waals surface area contributed by atoms with Gasteiger partial charge < -0.3 is 20.3 Å². The van der Waals surface area contributed by atoms with Crippen LogP contribution >= 0.6 is 0 Å². The normalized spacial score (nSPS) is 39.3. The summed E-state index contributed by atoms with van der Waals surface area (Å²) in [4.78, 5) is 4.29. The third-order valence-electron chi connectivity index (χ3n) is 3.72. The van der Waals surface area contributed by atoms with Crippen LogP contribution in [-0.2, 0) is 9.47 Å². The summed E-state index contributed by atoms with van der Waals surface area (Å²) in [5, 5.41) is 16.6. The van der Waals surface area contributed by atoms with Crippen molar-refractivity contribution in [3.8, 4) is 0 Å². The van der Waals surface area contributed by atoms with Gasteiger partial charge in [0.15, 0.2) is 6.23 Å². The van der Waals surface area contributed by atoms with E-state index in [2.05, 4.69) is 4.99 Å². The van der Waals surface area contributed by atoms with Crippen molar-refractivity contribution >= 4 is 12.1 Å². The van der Waals surface area contributed by atoms with E-state index < -0.39 is 6.23 Å². The quantitative estimate of drug-likeness (QED) is 0.491. The summed E-state index contributed by atoms with van der Waals surface area (Å²) in [6, 6.07) is 0. The van der Waals surface area contributed by atoms with Crippen LogP contribution < -0.4 is 5.73 Å². The zero-order valence-corrected chi connectivity index (χ0v) is 11.0. The van der Waals surface area contributed by atoms with Crippen LogP contribution in [0.5, 0.6) is 0 Å². The second-order valence-corrected chi connectivity index (χ2v) is 5.50. The molecule has 102 valence electrons. The van der Waals surface area contributed by atoms with E-state index in [0.717, 1.165) is 0 Å². The van der Waals surface area contributed by atoms with E-state index in [9.17, 15) is 5.11 Å². The highest BCUT2D eigenvalue weighted by Gasteiger charge is 2.61. The van der Waals surface area contributed by atoms with Gasteiger partial charge in [0.2, 0.25) is 0 Å². The highest BCUT2D eigenvalue weighted by molar-refractivity contribution is 5.93. The molecule has 2 heterocycles. The highest BCUT2D eigenvalue weighted by Crippen LogP contribution is 2.49. The highest BCUT2D eigenvalue weighted by atomic mass is 16.6. The molecule has 5 atom stereocenters. The van der Waals surface area contributed by atoms with Crippen LogP contribution in [0.3, 0.4) is 0 Å². The van der Waals surface area contributed by atoms with Crippen molar-refractivity contribution in [3.63, 3.8) is 0 Å². The van der Waals surface area contributed by atoms with Crippen LogP contribution in [-0.4, -0.2) is 47.8 Å². The fourth-order valence-corrected chi connectivity index (χ4v) is 2.63. The lowest BCUT2D eigenvalue weighted by Crippen LogP contribution is -2.59. The third-order valence-corrected chi connectivity index (χ3v) is 3.72. The fraction of sp³-hybridized carbons (Fsp3) is 0.833. The van der Waals surface area contributed by atoms with Crippen LogP contribution in [0.4, 0.5) is 0 Å². The molecule has 5 unspecified atom stereocenters. The molecule has 0 aromatic heterocycles. The maximum atomic E-state index is 9.32. The van der Waals surface area contributed by atoms with Crippen molar-refractivity contribution in [1.29, 1.82) is 5.41 Å². The summed E-state index contributed by atoms with van der Waals surface area (Å²) < 4.78 is 11.4. The van der Waals surface area contributed by atoms with E-state index in [1.807, 2.05) is 13.8 Å². The number of amidine groups is 1. The van der Waals surface area contributed by atoms with Gasteiger partial charge in [0.25, 0.3) is 0 Å². The smallest absolute Gasteiger partial charge is 0.174 e. The number of nitrogens with zero attached hydrogens (tertiary/aromatic N) is 1. The molecule has 0 aromatic rings. The number of ether oxygens (including phenoxy) is 2. The minimum Gasteiger partial charge on any atom is -0.394 e. The molecule has 0 radical (unpaired) electrons. The van der Waals surface area contributed by atoms with E-state index in [-0.39, 0.29) is 42.1 Å². The maximum Gasteiger partial charge on any atom is 0.174 e. The number of nitrogens with one attached hydrogen (secondary N) is 1. The molecule has 0 aromatic carbocycles. The number of aliphatic imine (C=N–C) groups is 1. The number of aliphatic hydroxyl groups excluding tert-OH is 1. The molecular formula is C12H21N3O3. The SMILES string of the molecule is CC(C=NC1OC(CO)C2C1OC2(C)C)C(=N)N. The lowest BCUT2D eigenvalue weighted by Gasteiger charge is -2.48. The number of hydrogen-bond acceptors (Lipinski definition) is 5. The van der Waals surface area contributed by atoms with Gasteiger partial charge >= 0.3 is 0 Å². The predicted octanol–water partition coefficient (Wildman–Crippen LogP) is 0.140. The fourth-order valence-electron chi connectivity index (χ4n) is 2.63. The van der Waals surface area contributed by atoms with Gasteiger partial charge in [-0.25, -0.2) is 0 Å².